The number of hydrogen-bond donors (Lipinski definition) is 2. The molecule has 0 saturated carbocycles. The van der Waals surface area contributed by atoms with Crippen LogP contribution in [-0.4, -0.2) is 22.8 Å². The van der Waals surface area contributed by atoms with Crippen molar-refractivity contribution in [1.82, 2.24) is 15.3 Å². The average molecular weight is 286 g/mol. The predicted octanol–water partition coefficient (Wildman–Crippen LogP) is 2.46. The highest BCUT2D eigenvalue weighted by molar-refractivity contribution is 7.98. The highest BCUT2D eigenvalue weighted by Crippen LogP contribution is 2.23. The molecule has 2 aromatic rings. The van der Waals surface area contributed by atoms with Gasteiger partial charge in [-0.15, -0.1) is 0 Å². The van der Waals surface area contributed by atoms with E-state index in [1.807, 2.05) is 12.3 Å². The third-order valence-corrected chi connectivity index (χ3v) is 3.95. The molecule has 0 saturated heterocycles. The molecule has 2 heterocycles. The van der Waals surface area contributed by atoms with Crippen molar-refractivity contribution in [2.24, 2.45) is 0 Å². The fourth-order valence-electron chi connectivity index (χ4n) is 2.36. The number of benzene rings is 1. The smallest absolute Gasteiger partial charge is 0.189 e. The van der Waals surface area contributed by atoms with E-state index < -0.39 is 0 Å². The standard InChI is InChI=1S/C15H18N4S/c1-20-15-18-13-10-16-8-7-12(13)14(19-15)17-9-11-5-3-2-4-6-11/h2-6,16H,7-10H2,1H3,(H,17,18,19). The summed E-state index contributed by atoms with van der Waals surface area (Å²) >= 11 is 1.59. The summed E-state index contributed by atoms with van der Waals surface area (Å²) in [5.74, 6) is 0.990. The SMILES string of the molecule is CSc1nc2c(c(NCc3ccccc3)n1)CCNC2. The van der Waals surface area contributed by atoms with E-state index in [4.69, 9.17) is 0 Å². The van der Waals surface area contributed by atoms with E-state index >= 15 is 0 Å². The Bertz CT molecular complexity index is 586. The molecule has 0 bridgehead atoms. The molecule has 5 heteroatoms. The first-order valence-electron chi connectivity index (χ1n) is 6.79. The van der Waals surface area contributed by atoms with Gasteiger partial charge in [0.25, 0.3) is 0 Å². The highest BCUT2D eigenvalue weighted by Gasteiger charge is 2.17. The lowest BCUT2D eigenvalue weighted by molar-refractivity contribution is 0.614. The summed E-state index contributed by atoms with van der Waals surface area (Å²) in [6.45, 7) is 2.63. The second kappa shape index (κ2) is 6.24. The Hall–Kier alpha value is -1.59. The molecule has 0 unspecified atom stereocenters. The van der Waals surface area contributed by atoms with Crippen LogP contribution in [0.1, 0.15) is 16.8 Å². The van der Waals surface area contributed by atoms with Gasteiger partial charge in [0, 0.05) is 18.7 Å². The Morgan fingerprint density at radius 3 is 2.90 bits per heavy atom. The van der Waals surface area contributed by atoms with Gasteiger partial charge in [-0.2, -0.15) is 0 Å². The number of aromatic nitrogens is 2. The molecule has 0 radical (unpaired) electrons. The molecular weight excluding hydrogens is 268 g/mol. The minimum absolute atomic E-state index is 0.797. The molecule has 0 aliphatic carbocycles. The van der Waals surface area contributed by atoms with E-state index in [1.165, 1.54) is 11.1 Å². The summed E-state index contributed by atoms with van der Waals surface area (Å²) in [6, 6.07) is 10.4. The molecule has 0 spiro atoms. The highest BCUT2D eigenvalue weighted by atomic mass is 32.2. The lowest BCUT2D eigenvalue weighted by Gasteiger charge is -2.20. The van der Waals surface area contributed by atoms with Crippen LogP contribution >= 0.6 is 11.8 Å². The number of thioether (sulfide) groups is 1. The zero-order valence-corrected chi connectivity index (χ0v) is 12.3. The van der Waals surface area contributed by atoms with Crippen molar-refractivity contribution in [3.8, 4) is 0 Å². The molecule has 3 rings (SSSR count). The Morgan fingerprint density at radius 1 is 1.25 bits per heavy atom. The van der Waals surface area contributed by atoms with Gasteiger partial charge in [0.05, 0.1) is 5.69 Å². The van der Waals surface area contributed by atoms with E-state index in [0.29, 0.717) is 0 Å². The number of hydrogen-bond acceptors (Lipinski definition) is 5. The van der Waals surface area contributed by atoms with E-state index in [0.717, 1.165) is 42.7 Å². The molecule has 2 N–H and O–H groups in total. The molecule has 1 aromatic carbocycles. The Morgan fingerprint density at radius 2 is 2.10 bits per heavy atom. The third-order valence-electron chi connectivity index (χ3n) is 3.40. The van der Waals surface area contributed by atoms with Gasteiger partial charge in [-0.3, -0.25) is 0 Å². The zero-order valence-electron chi connectivity index (χ0n) is 11.5. The van der Waals surface area contributed by atoms with Gasteiger partial charge in [-0.05, 0) is 24.8 Å². The molecule has 20 heavy (non-hydrogen) atoms. The second-order valence-corrected chi connectivity index (χ2v) is 5.52. The van der Waals surface area contributed by atoms with Crippen LogP contribution in [0.3, 0.4) is 0 Å². The maximum Gasteiger partial charge on any atom is 0.189 e. The molecule has 1 aliphatic rings. The Kier molecular flexibility index (Phi) is 4.18. The first kappa shape index (κ1) is 13.4. The largest absolute Gasteiger partial charge is 0.366 e. The lowest BCUT2D eigenvalue weighted by Crippen LogP contribution is -2.26. The van der Waals surface area contributed by atoms with Crippen molar-refractivity contribution >= 4 is 17.6 Å². The Labute approximate surface area is 123 Å². The Balaban J connectivity index is 1.84. The van der Waals surface area contributed by atoms with Gasteiger partial charge < -0.3 is 10.6 Å². The lowest BCUT2D eigenvalue weighted by atomic mass is 10.1. The minimum atomic E-state index is 0.797. The van der Waals surface area contributed by atoms with Gasteiger partial charge in [0.15, 0.2) is 5.16 Å². The fourth-order valence-corrected chi connectivity index (χ4v) is 2.74. The molecule has 4 nitrogen and oxygen atoms in total. The maximum absolute atomic E-state index is 4.63. The number of nitrogens with one attached hydrogen (secondary N) is 2. The van der Waals surface area contributed by atoms with Crippen molar-refractivity contribution in [2.75, 3.05) is 18.1 Å². The topological polar surface area (TPSA) is 49.8 Å². The third kappa shape index (κ3) is 2.94. The van der Waals surface area contributed by atoms with Crippen molar-refractivity contribution in [1.29, 1.82) is 0 Å². The van der Waals surface area contributed by atoms with E-state index in [9.17, 15) is 0 Å². The van der Waals surface area contributed by atoms with Crippen LogP contribution < -0.4 is 10.6 Å². The van der Waals surface area contributed by atoms with Gasteiger partial charge in [-0.1, -0.05) is 42.1 Å². The van der Waals surface area contributed by atoms with Crippen LogP contribution in [-0.2, 0) is 19.5 Å². The zero-order chi connectivity index (χ0) is 13.8. The predicted molar refractivity (Wildman–Crippen MR) is 83.0 cm³/mol. The fraction of sp³-hybridized carbons (Fsp3) is 0.333. The molecule has 1 aromatic heterocycles. The van der Waals surface area contributed by atoms with Gasteiger partial charge >= 0.3 is 0 Å². The van der Waals surface area contributed by atoms with E-state index in [-0.39, 0.29) is 0 Å². The first-order chi connectivity index (χ1) is 9.86. The van der Waals surface area contributed by atoms with Crippen molar-refractivity contribution in [3.05, 3.63) is 47.2 Å². The summed E-state index contributed by atoms with van der Waals surface area (Å²) in [7, 11) is 0. The van der Waals surface area contributed by atoms with E-state index in [1.54, 1.807) is 11.8 Å². The van der Waals surface area contributed by atoms with Crippen LogP contribution in [0.2, 0.25) is 0 Å². The molecule has 0 atom stereocenters. The number of rotatable bonds is 4. The average Bonchev–Trinajstić information content (AvgIpc) is 2.53. The maximum atomic E-state index is 4.63. The van der Waals surface area contributed by atoms with Crippen molar-refractivity contribution in [3.63, 3.8) is 0 Å². The van der Waals surface area contributed by atoms with Crippen LogP contribution in [0.5, 0.6) is 0 Å². The quantitative estimate of drug-likeness (QED) is 0.668. The normalized spacial score (nSPS) is 13.8. The van der Waals surface area contributed by atoms with Crippen LogP contribution in [0, 0.1) is 0 Å². The van der Waals surface area contributed by atoms with E-state index in [2.05, 4.69) is 44.9 Å². The van der Waals surface area contributed by atoms with Crippen LogP contribution in [0.4, 0.5) is 5.82 Å². The second-order valence-electron chi connectivity index (χ2n) is 4.75. The summed E-state index contributed by atoms with van der Waals surface area (Å²) < 4.78 is 0. The minimum Gasteiger partial charge on any atom is -0.366 e. The molecule has 104 valence electrons. The van der Waals surface area contributed by atoms with Gasteiger partial charge in [0.1, 0.15) is 5.82 Å². The first-order valence-corrected chi connectivity index (χ1v) is 8.01. The molecule has 0 amide bonds. The van der Waals surface area contributed by atoms with Crippen molar-refractivity contribution < 1.29 is 0 Å². The number of nitrogens with zero attached hydrogens (tertiary/aromatic N) is 2. The molecule has 1 aliphatic heterocycles. The molecular formula is C15H18N4S. The van der Waals surface area contributed by atoms with Crippen LogP contribution in [0.15, 0.2) is 35.5 Å². The van der Waals surface area contributed by atoms with Gasteiger partial charge in [0.2, 0.25) is 0 Å². The summed E-state index contributed by atoms with van der Waals surface area (Å²) in [5.41, 5.74) is 3.66. The number of anilines is 1. The number of fused-ring (bicyclic) bond motifs is 1. The van der Waals surface area contributed by atoms with Crippen LogP contribution in [0.25, 0.3) is 0 Å². The van der Waals surface area contributed by atoms with Gasteiger partial charge in [-0.25, -0.2) is 9.97 Å². The summed E-state index contributed by atoms with van der Waals surface area (Å²) in [5, 5.41) is 7.67. The molecule has 0 fully saturated rings. The summed E-state index contributed by atoms with van der Waals surface area (Å²) in [4.78, 5) is 9.23. The summed E-state index contributed by atoms with van der Waals surface area (Å²) in [6.07, 6.45) is 3.00. The van der Waals surface area contributed by atoms with Crippen molar-refractivity contribution in [2.45, 2.75) is 24.7 Å². The monoisotopic (exact) mass is 286 g/mol.